The van der Waals surface area contributed by atoms with E-state index in [1.165, 1.54) is 19.3 Å². The van der Waals surface area contributed by atoms with Crippen LogP contribution in [-0.2, 0) is 0 Å². The molecule has 0 aromatic carbocycles. The molecule has 1 atom stereocenters. The molecule has 0 spiro atoms. The molecule has 0 aliphatic carbocycles. The van der Waals surface area contributed by atoms with Crippen molar-refractivity contribution in [3.63, 3.8) is 0 Å². The van der Waals surface area contributed by atoms with Crippen molar-refractivity contribution < 1.29 is 9.63 Å². The second-order valence-corrected chi connectivity index (χ2v) is 6.14. The van der Waals surface area contributed by atoms with Crippen LogP contribution >= 0.6 is 0 Å². The predicted molar refractivity (Wildman–Crippen MR) is 72.7 cm³/mol. The van der Waals surface area contributed by atoms with E-state index in [1.54, 1.807) is 0 Å². The minimum atomic E-state index is -0.621. The van der Waals surface area contributed by atoms with Gasteiger partial charge in [-0.1, -0.05) is 18.0 Å². The highest BCUT2D eigenvalue weighted by atomic mass is 16.5. The lowest BCUT2D eigenvalue weighted by Crippen LogP contribution is -2.34. The summed E-state index contributed by atoms with van der Waals surface area (Å²) >= 11 is 0. The first-order valence-electron chi connectivity index (χ1n) is 7.22. The van der Waals surface area contributed by atoms with Crippen LogP contribution in [-0.4, -0.2) is 38.8 Å². The van der Waals surface area contributed by atoms with Crippen molar-refractivity contribution in [3.8, 4) is 0 Å². The fraction of sp³-hybridized carbons (Fsp3) is 0.857. The highest BCUT2D eigenvalue weighted by Gasteiger charge is 2.27. The van der Waals surface area contributed by atoms with Gasteiger partial charge >= 0.3 is 0 Å². The molecule has 2 heterocycles. The minimum Gasteiger partial charge on any atom is -0.390 e. The van der Waals surface area contributed by atoms with Gasteiger partial charge in [0.15, 0.2) is 5.82 Å². The number of hydrogen-bond acceptors (Lipinski definition) is 5. The van der Waals surface area contributed by atoms with Crippen LogP contribution in [0.5, 0.6) is 0 Å². The van der Waals surface area contributed by atoms with Gasteiger partial charge < -0.3 is 9.63 Å². The van der Waals surface area contributed by atoms with Crippen LogP contribution in [0.3, 0.4) is 0 Å². The van der Waals surface area contributed by atoms with E-state index in [0.717, 1.165) is 31.8 Å². The van der Waals surface area contributed by atoms with Gasteiger partial charge in [-0.25, -0.2) is 0 Å². The molecule has 1 N–H and O–H groups in total. The summed E-state index contributed by atoms with van der Waals surface area (Å²) in [5, 5.41) is 14.0. The van der Waals surface area contributed by atoms with E-state index < -0.39 is 5.60 Å². The Balaban J connectivity index is 2.07. The van der Waals surface area contributed by atoms with Crippen molar-refractivity contribution >= 4 is 0 Å². The molecular weight excluding hydrogens is 242 g/mol. The van der Waals surface area contributed by atoms with E-state index in [-0.39, 0.29) is 6.04 Å². The molecular formula is C14H25N3O2. The first-order chi connectivity index (χ1) is 8.96. The second-order valence-electron chi connectivity index (χ2n) is 6.14. The molecule has 0 unspecified atom stereocenters. The third-order valence-electron chi connectivity index (χ3n) is 3.72. The summed E-state index contributed by atoms with van der Waals surface area (Å²) in [7, 11) is 0. The average molecular weight is 267 g/mol. The Bertz CT molecular complexity index is 398. The van der Waals surface area contributed by atoms with Gasteiger partial charge in [-0.05, 0) is 39.7 Å². The lowest BCUT2D eigenvalue weighted by molar-refractivity contribution is 0.0499. The summed E-state index contributed by atoms with van der Waals surface area (Å²) in [4.78, 5) is 6.79. The lowest BCUT2D eigenvalue weighted by atomic mass is 10.0. The van der Waals surface area contributed by atoms with Gasteiger partial charge in [0.25, 0.3) is 0 Å². The van der Waals surface area contributed by atoms with E-state index >= 15 is 0 Å². The monoisotopic (exact) mass is 267 g/mol. The number of aryl methyl sites for hydroxylation is 1. The zero-order valence-corrected chi connectivity index (χ0v) is 12.2. The van der Waals surface area contributed by atoms with Gasteiger partial charge in [0.2, 0.25) is 5.89 Å². The number of nitrogens with zero attached hydrogens (tertiary/aromatic N) is 3. The Kier molecular flexibility index (Phi) is 4.58. The van der Waals surface area contributed by atoms with E-state index in [0.29, 0.717) is 5.89 Å². The number of aromatic nitrogens is 2. The van der Waals surface area contributed by atoms with Crippen molar-refractivity contribution in [3.05, 3.63) is 11.7 Å². The first kappa shape index (κ1) is 14.5. The normalized spacial score (nSPS) is 22.4. The molecule has 1 aliphatic rings. The maximum Gasteiger partial charge on any atom is 0.223 e. The van der Waals surface area contributed by atoms with Gasteiger partial charge in [-0.2, -0.15) is 4.98 Å². The zero-order valence-electron chi connectivity index (χ0n) is 12.2. The average Bonchev–Trinajstić information content (AvgIpc) is 2.62. The molecule has 1 aromatic rings. The van der Waals surface area contributed by atoms with Crippen molar-refractivity contribution in [1.82, 2.24) is 15.0 Å². The molecule has 0 amide bonds. The van der Waals surface area contributed by atoms with Crippen LogP contribution in [0.2, 0.25) is 0 Å². The quantitative estimate of drug-likeness (QED) is 0.908. The fourth-order valence-corrected chi connectivity index (χ4v) is 2.60. The molecule has 1 aliphatic heterocycles. The van der Waals surface area contributed by atoms with Crippen LogP contribution in [0.25, 0.3) is 0 Å². The van der Waals surface area contributed by atoms with Crippen LogP contribution in [0, 0.1) is 6.92 Å². The van der Waals surface area contributed by atoms with E-state index in [4.69, 9.17) is 4.52 Å². The van der Waals surface area contributed by atoms with Gasteiger partial charge in [0.1, 0.15) is 0 Å². The smallest absolute Gasteiger partial charge is 0.223 e. The van der Waals surface area contributed by atoms with Crippen molar-refractivity contribution in [2.75, 3.05) is 13.1 Å². The lowest BCUT2D eigenvalue weighted by Gasteiger charge is -2.30. The molecule has 2 rings (SSSR count). The van der Waals surface area contributed by atoms with E-state index in [2.05, 4.69) is 15.0 Å². The zero-order chi connectivity index (χ0) is 13.9. The van der Waals surface area contributed by atoms with Gasteiger partial charge in [-0.3, -0.25) is 4.90 Å². The first-order valence-corrected chi connectivity index (χ1v) is 7.22. The SMILES string of the molecule is Cc1nc([C@@H]2CCCCCN2CCC(C)(C)O)no1. The molecule has 0 saturated carbocycles. The van der Waals surface area contributed by atoms with E-state index in [9.17, 15) is 5.11 Å². The third kappa shape index (κ3) is 4.28. The summed E-state index contributed by atoms with van der Waals surface area (Å²) in [6.07, 6.45) is 5.51. The van der Waals surface area contributed by atoms with Crippen molar-refractivity contribution in [1.29, 1.82) is 0 Å². The highest BCUT2D eigenvalue weighted by molar-refractivity contribution is 4.95. The summed E-state index contributed by atoms with van der Waals surface area (Å²) in [6.45, 7) is 7.47. The molecule has 0 radical (unpaired) electrons. The second kappa shape index (κ2) is 6.01. The van der Waals surface area contributed by atoms with Crippen LogP contribution < -0.4 is 0 Å². The third-order valence-corrected chi connectivity index (χ3v) is 3.72. The van der Waals surface area contributed by atoms with E-state index in [1.807, 2.05) is 20.8 Å². The van der Waals surface area contributed by atoms with Crippen LogP contribution in [0.1, 0.15) is 63.7 Å². The molecule has 108 valence electrons. The highest BCUT2D eigenvalue weighted by Crippen LogP contribution is 2.29. The Morgan fingerprint density at radius 2 is 2.16 bits per heavy atom. The summed E-state index contributed by atoms with van der Waals surface area (Å²) in [5.74, 6) is 1.43. The molecule has 1 aromatic heterocycles. The number of rotatable bonds is 4. The Hall–Kier alpha value is -0.940. The topological polar surface area (TPSA) is 62.4 Å². The number of hydrogen-bond donors (Lipinski definition) is 1. The molecule has 0 bridgehead atoms. The van der Waals surface area contributed by atoms with Crippen molar-refractivity contribution in [2.24, 2.45) is 0 Å². The van der Waals surface area contributed by atoms with Crippen LogP contribution in [0.15, 0.2) is 4.52 Å². The molecule has 5 nitrogen and oxygen atoms in total. The standard InChI is InChI=1S/C14H25N3O2/c1-11-15-13(16-19-11)12-7-5-4-6-9-17(12)10-8-14(2,3)18/h12,18H,4-10H2,1-3H3/t12-/m0/s1. The van der Waals surface area contributed by atoms with Gasteiger partial charge in [0.05, 0.1) is 11.6 Å². The number of aliphatic hydroxyl groups is 1. The Morgan fingerprint density at radius 1 is 1.37 bits per heavy atom. The predicted octanol–water partition coefficient (Wildman–Crippen LogP) is 2.46. The van der Waals surface area contributed by atoms with Crippen molar-refractivity contribution in [2.45, 2.75) is 64.5 Å². The summed E-state index contributed by atoms with van der Waals surface area (Å²) in [6, 6.07) is 0.238. The molecule has 19 heavy (non-hydrogen) atoms. The Labute approximate surface area is 115 Å². The molecule has 1 saturated heterocycles. The van der Waals surface area contributed by atoms with Gasteiger partial charge in [0, 0.05) is 13.5 Å². The maximum absolute atomic E-state index is 9.90. The van der Waals surface area contributed by atoms with Gasteiger partial charge in [-0.15, -0.1) is 0 Å². The Morgan fingerprint density at radius 3 is 2.79 bits per heavy atom. The minimum absolute atomic E-state index is 0.238. The maximum atomic E-state index is 9.90. The van der Waals surface area contributed by atoms with Crippen LogP contribution in [0.4, 0.5) is 0 Å². The molecule has 1 fully saturated rings. The largest absolute Gasteiger partial charge is 0.390 e. The summed E-state index contributed by atoms with van der Waals surface area (Å²) in [5.41, 5.74) is -0.621. The fourth-order valence-electron chi connectivity index (χ4n) is 2.60. The summed E-state index contributed by atoms with van der Waals surface area (Å²) < 4.78 is 5.12. The number of likely N-dealkylation sites (tertiary alicyclic amines) is 1. The molecule has 5 heteroatoms.